The van der Waals surface area contributed by atoms with E-state index in [1.807, 2.05) is 53.2 Å². The summed E-state index contributed by atoms with van der Waals surface area (Å²) >= 11 is 6.11. The standard InChI is InChI=1S/C23H20ClN5O2/c1-4-14-7-5-6-8-17(14)29-18(15-9-11-16(24)12-10-15)13-28-19-20(25-22(28)29)26(2)23(31)27(3)21(19)30/h5-13H,4H2,1-3H3. The average molecular weight is 434 g/mol. The van der Waals surface area contributed by atoms with Crippen LogP contribution < -0.4 is 11.2 Å². The lowest BCUT2D eigenvalue weighted by molar-refractivity contribution is 0.708. The molecule has 0 amide bonds. The first-order valence-corrected chi connectivity index (χ1v) is 10.3. The maximum atomic E-state index is 13.0. The van der Waals surface area contributed by atoms with Gasteiger partial charge in [-0.15, -0.1) is 0 Å². The van der Waals surface area contributed by atoms with Crippen molar-refractivity contribution in [2.24, 2.45) is 14.1 Å². The monoisotopic (exact) mass is 433 g/mol. The van der Waals surface area contributed by atoms with Crippen molar-refractivity contribution in [1.29, 1.82) is 0 Å². The van der Waals surface area contributed by atoms with Gasteiger partial charge in [-0.2, -0.15) is 4.98 Å². The van der Waals surface area contributed by atoms with Gasteiger partial charge in [-0.25, -0.2) is 4.79 Å². The Bertz CT molecular complexity index is 1590. The fourth-order valence-electron chi connectivity index (χ4n) is 4.06. The maximum absolute atomic E-state index is 13.0. The Kier molecular flexibility index (Phi) is 4.37. The number of rotatable bonds is 3. The number of aromatic nitrogens is 5. The number of nitrogens with zero attached hydrogens (tertiary/aromatic N) is 5. The molecule has 0 atom stereocenters. The minimum Gasteiger partial charge on any atom is -0.279 e. The molecule has 0 saturated carbocycles. The molecule has 0 aliphatic rings. The van der Waals surface area contributed by atoms with E-state index in [4.69, 9.17) is 16.6 Å². The Morgan fingerprint density at radius 3 is 2.39 bits per heavy atom. The van der Waals surface area contributed by atoms with Gasteiger partial charge in [0.2, 0.25) is 5.78 Å². The van der Waals surface area contributed by atoms with E-state index in [-0.39, 0.29) is 5.56 Å². The van der Waals surface area contributed by atoms with Crippen molar-refractivity contribution in [3.63, 3.8) is 0 Å². The molecule has 5 aromatic rings. The quantitative estimate of drug-likeness (QED) is 0.437. The van der Waals surface area contributed by atoms with Crippen LogP contribution in [0.2, 0.25) is 5.02 Å². The molecule has 2 aromatic carbocycles. The summed E-state index contributed by atoms with van der Waals surface area (Å²) in [6.45, 7) is 2.10. The van der Waals surface area contributed by atoms with E-state index in [9.17, 15) is 9.59 Å². The summed E-state index contributed by atoms with van der Waals surface area (Å²) in [6.07, 6.45) is 2.73. The van der Waals surface area contributed by atoms with E-state index < -0.39 is 5.69 Å². The molecular formula is C23H20ClN5O2. The molecule has 0 radical (unpaired) electrons. The number of para-hydroxylation sites is 1. The predicted molar refractivity (Wildman–Crippen MR) is 122 cm³/mol. The summed E-state index contributed by atoms with van der Waals surface area (Å²) in [5.41, 5.74) is 3.86. The van der Waals surface area contributed by atoms with Crippen molar-refractivity contribution in [1.82, 2.24) is 23.1 Å². The van der Waals surface area contributed by atoms with Crippen LogP contribution >= 0.6 is 11.6 Å². The van der Waals surface area contributed by atoms with Crippen LogP contribution in [-0.4, -0.2) is 23.1 Å². The Balaban J connectivity index is 1.98. The fraction of sp³-hybridized carbons (Fsp3) is 0.174. The highest BCUT2D eigenvalue weighted by Crippen LogP contribution is 2.31. The third-order valence-corrected chi connectivity index (χ3v) is 5.97. The van der Waals surface area contributed by atoms with Crippen LogP contribution in [0.3, 0.4) is 0 Å². The summed E-state index contributed by atoms with van der Waals surface area (Å²) in [6, 6.07) is 15.7. The van der Waals surface area contributed by atoms with Crippen LogP contribution in [-0.2, 0) is 20.5 Å². The first kappa shape index (κ1) is 19.4. The number of aryl methyl sites for hydroxylation is 2. The van der Waals surface area contributed by atoms with Crippen molar-refractivity contribution in [2.45, 2.75) is 13.3 Å². The van der Waals surface area contributed by atoms with E-state index in [0.717, 1.165) is 33.5 Å². The second-order valence-corrected chi connectivity index (χ2v) is 7.94. The lowest BCUT2D eigenvalue weighted by atomic mass is 10.1. The summed E-state index contributed by atoms with van der Waals surface area (Å²) in [5.74, 6) is 0.569. The fourth-order valence-corrected chi connectivity index (χ4v) is 4.19. The Morgan fingerprint density at radius 1 is 0.968 bits per heavy atom. The van der Waals surface area contributed by atoms with Crippen LogP contribution in [0, 0.1) is 0 Å². The first-order chi connectivity index (χ1) is 14.9. The molecule has 31 heavy (non-hydrogen) atoms. The van der Waals surface area contributed by atoms with Gasteiger partial charge in [-0.1, -0.05) is 48.9 Å². The molecule has 7 nitrogen and oxygen atoms in total. The average Bonchev–Trinajstić information content (AvgIpc) is 3.33. The minimum atomic E-state index is -0.406. The topological polar surface area (TPSA) is 66.2 Å². The van der Waals surface area contributed by atoms with E-state index >= 15 is 0 Å². The second kappa shape index (κ2) is 6.99. The number of hydrogen-bond acceptors (Lipinski definition) is 3. The number of imidazole rings is 2. The van der Waals surface area contributed by atoms with Crippen LogP contribution in [0.4, 0.5) is 0 Å². The van der Waals surface area contributed by atoms with Gasteiger partial charge in [-0.05, 0) is 30.2 Å². The molecule has 0 unspecified atom stereocenters. The molecule has 5 rings (SSSR count). The molecule has 8 heteroatoms. The molecule has 0 N–H and O–H groups in total. The third-order valence-electron chi connectivity index (χ3n) is 5.72. The Labute approximate surface area is 182 Å². The molecule has 156 valence electrons. The highest BCUT2D eigenvalue weighted by atomic mass is 35.5. The van der Waals surface area contributed by atoms with E-state index in [1.165, 1.54) is 11.6 Å². The van der Waals surface area contributed by atoms with Crippen LogP contribution in [0.25, 0.3) is 33.9 Å². The molecule has 0 spiro atoms. The molecule has 0 aliphatic heterocycles. The van der Waals surface area contributed by atoms with Crippen LogP contribution in [0.15, 0.2) is 64.3 Å². The number of halogens is 1. The zero-order valence-corrected chi connectivity index (χ0v) is 18.1. The van der Waals surface area contributed by atoms with Crippen molar-refractivity contribution in [3.8, 4) is 16.9 Å². The van der Waals surface area contributed by atoms with Gasteiger partial charge in [0.05, 0.1) is 11.4 Å². The SMILES string of the molecule is CCc1ccccc1-n1c(-c2ccc(Cl)cc2)cn2c3c(=O)n(C)c(=O)n(C)c3nc12. The lowest BCUT2D eigenvalue weighted by Crippen LogP contribution is -2.37. The number of fused-ring (bicyclic) bond motifs is 3. The maximum Gasteiger partial charge on any atom is 0.332 e. The van der Waals surface area contributed by atoms with E-state index in [0.29, 0.717) is 22.0 Å². The molecule has 3 aromatic heterocycles. The lowest BCUT2D eigenvalue weighted by Gasteiger charge is -2.13. The van der Waals surface area contributed by atoms with Crippen molar-refractivity contribution in [2.75, 3.05) is 0 Å². The van der Waals surface area contributed by atoms with Crippen LogP contribution in [0.1, 0.15) is 12.5 Å². The highest BCUT2D eigenvalue weighted by Gasteiger charge is 2.22. The van der Waals surface area contributed by atoms with Gasteiger partial charge in [0.25, 0.3) is 5.56 Å². The molecule has 0 fully saturated rings. The van der Waals surface area contributed by atoms with Crippen molar-refractivity contribution >= 4 is 28.5 Å². The molecule has 0 aliphatic carbocycles. The summed E-state index contributed by atoms with van der Waals surface area (Å²) in [7, 11) is 3.11. The van der Waals surface area contributed by atoms with Crippen LogP contribution in [0.5, 0.6) is 0 Å². The second-order valence-electron chi connectivity index (χ2n) is 7.50. The third kappa shape index (κ3) is 2.77. The Hall–Kier alpha value is -3.58. The van der Waals surface area contributed by atoms with E-state index in [1.54, 1.807) is 11.4 Å². The number of benzene rings is 2. The summed E-state index contributed by atoms with van der Waals surface area (Å²) in [5, 5.41) is 0.648. The smallest absolute Gasteiger partial charge is 0.279 e. The molecule has 0 bridgehead atoms. The number of hydrogen-bond donors (Lipinski definition) is 0. The molecular weight excluding hydrogens is 414 g/mol. The van der Waals surface area contributed by atoms with Gasteiger partial charge < -0.3 is 0 Å². The van der Waals surface area contributed by atoms with E-state index in [2.05, 4.69) is 13.0 Å². The zero-order chi connectivity index (χ0) is 21.9. The van der Waals surface area contributed by atoms with Gasteiger partial charge in [0.1, 0.15) is 0 Å². The Morgan fingerprint density at radius 2 is 1.68 bits per heavy atom. The highest BCUT2D eigenvalue weighted by molar-refractivity contribution is 6.30. The van der Waals surface area contributed by atoms with Gasteiger partial charge >= 0.3 is 5.69 Å². The first-order valence-electron chi connectivity index (χ1n) is 9.96. The predicted octanol–water partition coefficient (Wildman–Crippen LogP) is 3.56. The van der Waals surface area contributed by atoms with Crippen molar-refractivity contribution < 1.29 is 0 Å². The van der Waals surface area contributed by atoms with Gasteiger partial charge in [0.15, 0.2) is 11.2 Å². The largest absolute Gasteiger partial charge is 0.332 e. The zero-order valence-electron chi connectivity index (χ0n) is 17.3. The normalized spacial score (nSPS) is 11.6. The van der Waals surface area contributed by atoms with Crippen molar-refractivity contribution in [3.05, 3.63) is 86.2 Å². The summed E-state index contributed by atoms with van der Waals surface area (Å²) < 4.78 is 6.32. The van der Waals surface area contributed by atoms with Gasteiger partial charge in [0, 0.05) is 30.9 Å². The molecule has 3 heterocycles. The summed E-state index contributed by atoms with van der Waals surface area (Å²) in [4.78, 5) is 30.2. The minimum absolute atomic E-state index is 0.355. The molecule has 0 saturated heterocycles. The van der Waals surface area contributed by atoms with Gasteiger partial charge in [-0.3, -0.25) is 22.9 Å².